The van der Waals surface area contributed by atoms with Gasteiger partial charge in [-0.25, -0.2) is 0 Å². The third-order valence-corrected chi connectivity index (χ3v) is 3.31. The number of rotatable bonds is 13. The molecule has 0 N–H and O–H groups in total. The molecule has 0 unspecified atom stereocenters. The molecule has 0 amide bonds. The van der Waals surface area contributed by atoms with Crippen molar-refractivity contribution in [1.29, 1.82) is 0 Å². The summed E-state index contributed by atoms with van der Waals surface area (Å²) in [4.78, 5) is 23.2. The van der Waals surface area contributed by atoms with Crippen molar-refractivity contribution in [3.63, 3.8) is 0 Å². The van der Waals surface area contributed by atoms with Gasteiger partial charge < -0.3 is 9.47 Å². The van der Waals surface area contributed by atoms with Gasteiger partial charge in [0.15, 0.2) is 0 Å². The van der Waals surface area contributed by atoms with E-state index in [2.05, 4.69) is 20.8 Å². The molecule has 0 aromatic heterocycles. The zero-order chi connectivity index (χ0) is 15.9. The molecule has 0 aliphatic heterocycles. The number of carbonyl (C=O) groups is 2. The minimum atomic E-state index is -0.300. The van der Waals surface area contributed by atoms with Crippen molar-refractivity contribution < 1.29 is 19.1 Å². The van der Waals surface area contributed by atoms with Crippen LogP contribution >= 0.6 is 0 Å². The fourth-order valence-electron chi connectivity index (χ4n) is 2.14. The van der Waals surface area contributed by atoms with Gasteiger partial charge in [-0.2, -0.15) is 0 Å². The van der Waals surface area contributed by atoms with E-state index in [0.717, 1.165) is 44.9 Å². The van der Waals surface area contributed by atoms with Crippen LogP contribution in [0.4, 0.5) is 0 Å². The SMILES string of the molecule is CCCCCCOC(=O)CCC(=O)OC(CCC)CCC. The number of hydrogen-bond donors (Lipinski definition) is 0. The molecule has 0 bridgehead atoms. The lowest BCUT2D eigenvalue weighted by molar-refractivity contribution is -0.154. The molecule has 4 nitrogen and oxygen atoms in total. The summed E-state index contributed by atoms with van der Waals surface area (Å²) < 4.78 is 10.5. The van der Waals surface area contributed by atoms with Crippen LogP contribution in [0.2, 0.25) is 0 Å². The molecular weight excluding hydrogens is 268 g/mol. The molecule has 0 aromatic rings. The standard InChI is InChI=1S/C17H32O4/c1-4-7-8-9-14-20-16(18)12-13-17(19)21-15(10-5-2)11-6-3/h15H,4-14H2,1-3H3. The summed E-state index contributed by atoms with van der Waals surface area (Å²) in [6.07, 6.45) is 8.34. The van der Waals surface area contributed by atoms with Gasteiger partial charge >= 0.3 is 11.9 Å². The molecule has 0 saturated heterocycles. The summed E-state index contributed by atoms with van der Waals surface area (Å²) in [6.45, 7) is 6.75. The smallest absolute Gasteiger partial charge is 0.306 e. The Bertz CT molecular complexity index is 270. The first-order valence-electron chi connectivity index (χ1n) is 8.49. The third-order valence-electron chi connectivity index (χ3n) is 3.31. The molecule has 0 aliphatic rings. The highest BCUT2D eigenvalue weighted by Gasteiger charge is 2.14. The molecule has 0 spiro atoms. The van der Waals surface area contributed by atoms with Crippen LogP contribution in [0.5, 0.6) is 0 Å². The second kappa shape index (κ2) is 13.9. The largest absolute Gasteiger partial charge is 0.466 e. The predicted molar refractivity (Wildman–Crippen MR) is 84.0 cm³/mol. The van der Waals surface area contributed by atoms with Crippen molar-refractivity contribution >= 4 is 11.9 Å². The van der Waals surface area contributed by atoms with Gasteiger partial charge in [0.1, 0.15) is 6.10 Å². The fourth-order valence-corrected chi connectivity index (χ4v) is 2.14. The minimum absolute atomic E-state index is 0.00226. The lowest BCUT2D eigenvalue weighted by Crippen LogP contribution is -2.19. The molecule has 21 heavy (non-hydrogen) atoms. The molecule has 0 saturated carbocycles. The van der Waals surface area contributed by atoms with Crippen LogP contribution in [0.25, 0.3) is 0 Å². The van der Waals surface area contributed by atoms with Gasteiger partial charge in [0.2, 0.25) is 0 Å². The maximum Gasteiger partial charge on any atom is 0.306 e. The molecule has 124 valence electrons. The topological polar surface area (TPSA) is 52.6 Å². The van der Waals surface area contributed by atoms with Gasteiger partial charge in [-0.05, 0) is 19.3 Å². The Morgan fingerprint density at radius 3 is 2.00 bits per heavy atom. The second-order valence-electron chi connectivity index (χ2n) is 5.47. The Labute approximate surface area is 129 Å². The highest BCUT2D eigenvalue weighted by molar-refractivity contribution is 5.77. The first kappa shape index (κ1) is 19.9. The van der Waals surface area contributed by atoms with Crippen molar-refractivity contribution in [2.45, 2.75) is 91.1 Å². The molecule has 4 heteroatoms. The van der Waals surface area contributed by atoms with Crippen LogP contribution in [0.15, 0.2) is 0 Å². The summed E-state index contributed by atoms with van der Waals surface area (Å²) in [5, 5.41) is 0. The summed E-state index contributed by atoms with van der Waals surface area (Å²) in [7, 11) is 0. The molecule has 0 aromatic carbocycles. The van der Waals surface area contributed by atoms with E-state index < -0.39 is 0 Å². The Balaban J connectivity index is 3.72. The van der Waals surface area contributed by atoms with Crippen molar-refractivity contribution in [1.82, 2.24) is 0 Å². The average Bonchev–Trinajstić information content (AvgIpc) is 2.45. The van der Waals surface area contributed by atoms with Crippen molar-refractivity contribution in [2.75, 3.05) is 6.61 Å². The van der Waals surface area contributed by atoms with Crippen LogP contribution in [-0.2, 0) is 19.1 Å². The maximum atomic E-state index is 11.7. The van der Waals surface area contributed by atoms with Gasteiger partial charge in [-0.3, -0.25) is 9.59 Å². The van der Waals surface area contributed by atoms with Gasteiger partial charge in [0.05, 0.1) is 19.4 Å². The summed E-state index contributed by atoms with van der Waals surface area (Å²) in [5.41, 5.74) is 0. The normalized spacial score (nSPS) is 10.7. The molecule has 0 heterocycles. The molecule has 0 aliphatic carbocycles. The lowest BCUT2D eigenvalue weighted by atomic mass is 10.1. The average molecular weight is 300 g/mol. The number of ether oxygens (including phenoxy) is 2. The Morgan fingerprint density at radius 1 is 0.810 bits per heavy atom. The van der Waals surface area contributed by atoms with Gasteiger partial charge in [-0.15, -0.1) is 0 Å². The van der Waals surface area contributed by atoms with E-state index in [4.69, 9.17) is 9.47 Å². The number of unbranched alkanes of at least 4 members (excludes halogenated alkanes) is 3. The summed E-state index contributed by atoms with van der Waals surface area (Å²) >= 11 is 0. The summed E-state index contributed by atoms with van der Waals surface area (Å²) in [6, 6.07) is 0. The van der Waals surface area contributed by atoms with E-state index >= 15 is 0 Å². The fraction of sp³-hybridized carbons (Fsp3) is 0.882. The molecular formula is C17H32O4. The Kier molecular flexibility index (Phi) is 13.2. The van der Waals surface area contributed by atoms with E-state index in [1.165, 1.54) is 6.42 Å². The van der Waals surface area contributed by atoms with Gasteiger partial charge in [0.25, 0.3) is 0 Å². The highest BCUT2D eigenvalue weighted by atomic mass is 16.5. The van der Waals surface area contributed by atoms with Crippen LogP contribution in [0.1, 0.15) is 85.0 Å². The highest BCUT2D eigenvalue weighted by Crippen LogP contribution is 2.11. The Morgan fingerprint density at radius 2 is 1.43 bits per heavy atom. The van der Waals surface area contributed by atoms with Crippen LogP contribution < -0.4 is 0 Å². The predicted octanol–water partition coefficient (Wildman–Crippen LogP) is 4.40. The van der Waals surface area contributed by atoms with E-state index in [1.54, 1.807) is 0 Å². The van der Waals surface area contributed by atoms with E-state index in [1.807, 2.05) is 0 Å². The lowest BCUT2D eigenvalue weighted by Gasteiger charge is -2.16. The van der Waals surface area contributed by atoms with E-state index in [0.29, 0.717) is 6.61 Å². The molecule has 0 fully saturated rings. The van der Waals surface area contributed by atoms with Gasteiger partial charge in [-0.1, -0.05) is 52.9 Å². The second-order valence-corrected chi connectivity index (χ2v) is 5.47. The maximum absolute atomic E-state index is 11.7. The van der Waals surface area contributed by atoms with Crippen molar-refractivity contribution in [2.24, 2.45) is 0 Å². The number of esters is 2. The molecule has 0 rings (SSSR count). The molecule has 0 radical (unpaired) electrons. The summed E-state index contributed by atoms with van der Waals surface area (Å²) in [5.74, 6) is -0.587. The van der Waals surface area contributed by atoms with Gasteiger partial charge in [0, 0.05) is 0 Å². The number of carbonyl (C=O) groups excluding carboxylic acids is 2. The van der Waals surface area contributed by atoms with E-state index in [-0.39, 0.29) is 30.9 Å². The first-order valence-corrected chi connectivity index (χ1v) is 8.49. The Hall–Kier alpha value is -1.06. The van der Waals surface area contributed by atoms with E-state index in [9.17, 15) is 9.59 Å². The minimum Gasteiger partial charge on any atom is -0.466 e. The zero-order valence-corrected chi connectivity index (χ0v) is 14.0. The van der Waals surface area contributed by atoms with Crippen molar-refractivity contribution in [3.8, 4) is 0 Å². The quantitative estimate of drug-likeness (QED) is 0.373. The number of hydrogen-bond acceptors (Lipinski definition) is 4. The monoisotopic (exact) mass is 300 g/mol. The van der Waals surface area contributed by atoms with Crippen LogP contribution in [0, 0.1) is 0 Å². The first-order chi connectivity index (χ1) is 10.1. The third kappa shape index (κ3) is 12.4. The van der Waals surface area contributed by atoms with Crippen LogP contribution in [-0.4, -0.2) is 24.6 Å². The molecule has 0 atom stereocenters. The van der Waals surface area contributed by atoms with Crippen molar-refractivity contribution in [3.05, 3.63) is 0 Å². The zero-order valence-electron chi connectivity index (χ0n) is 14.0. The van der Waals surface area contributed by atoms with Crippen LogP contribution in [0.3, 0.4) is 0 Å².